The van der Waals surface area contributed by atoms with E-state index in [0.29, 0.717) is 29.0 Å². The summed E-state index contributed by atoms with van der Waals surface area (Å²) in [7, 11) is 1.33. The molecule has 0 N–H and O–H groups in total. The van der Waals surface area contributed by atoms with Crippen molar-refractivity contribution in [2.24, 2.45) is 0 Å². The smallest absolute Gasteiger partial charge is 0.337 e. The molecule has 0 unspecified atom stereocenters. The molecule has 4 aromatic rings. The molecule has 0 spiro atoms. The van der Waals surface area contributed by atoms with Crippen LogP contribution in [0.4, 0.5) is 0 Å². The van der Waals surface area contributed by atoms with Gasteiger partial charge in [-0.15, -0.1) is 0 Å². The molecule has 0 aliphatic rings. The van der Waals surface area contributed by atoms with Crippen LogP contribution in [0.25, 0.3) is 16.9 Å². The molecule has 0 bridgehead atoms. The van der Waals surface area contributed by atoms with Gasteiger partial charge in [-0.2, -0.15) is 0 Å². The number of hydrogen-bond donors (Lipinski definition) is 0. The standard InChI is InChI=1S/C24H24N4O4/c1-15(2)27-22(29)20-21(28(24(27)31)19-11-5-16(3)6-12-19)25-14-26(20)13-17-7-9-18(10-8-17)23(30)32-4/h5-12,14-15H,13H2,1-4H3. The number of imidazole rings is 1. The van der Waals surface area contributed by atoms with Gasteiger partial charge in [0, 0.05) is 12.6 Å². The first-order valence-electron chi connectivity index (χ1n) is 10.3. The SMILES string of the molecule is COC(=O)c1ccc(Cn2cnc3c2c(=O)n(C(C)C)c(=O)n3-c2ccc(C)cc2)cc1. The fourth-order valence-electron chi connectivity index (χ4n) is 3.72. The van der Waals surface area contributed by atoms with Gasteiger partial charge in [-0.05, 0) is 50.6 Å². The van der Waals surface area contributed by atoms with Gasteiger partial charge in [0.2, 0.25) is 0 Å². The van der Waals surface area contributed by atoms with Crippen molar-refractivity contribution in [3.05, 3.63) is 92.4 Å². The maximum absolute atomic E-state index is 13.3. The predicted molar refractivity (Wildman–Crippen MR) is 122 cm³/mol. The van der Waals surface area contributed by atoms with Crippen molar-refractivity contribution in [2.75, 3.05) is 7.11 Å². The molecule has 0 atom stereocenters. The zero-order chi connectivity index (χ0) is 23.0. The van der Waals surface area contributed by atoms with Gasteiger partial charge >= 0.3 is 11.7 Å². The van der Waals surface area contributed by atoms with Crippen LogP contribution in [-0.4, -0.2) is 31.8 Å². The molecule has 32 heavy (non-hydrogen) atoms. The van der Waals surface area contributed by atoms with Crippen LogP contribution in [0, 0.1) is 6.92 Å². The molecule has 0 saturated carbocycles. The Labute approximate surface area is 184 Å². The van der Waals surface area contributed by atoms with Crippen molar-refractivity contribution in [1.82, 2.24) is 18.7 Å². The Morgan fingerprint density at radius 2 is 1.69 bits per heavy atom. The summed E-state index contributed by atoms with van der Waals surface area (Å²) in [5.74, 6) is -0.411. The molecular weight excluding hydrogens is 408 g/mol. The number of esters is 1. The molecule has 2 heterocycles. The highest BCUT2D eigenvalue weighted by molar-refractivity contribution is 5.89. The maximum atomic E-state index is 13.3. The van der Waals surface area contributed by atoms with Crippen molar-refractivity contribution >= 4 is 17.1 Å². The Balaban J connectivity index is 1.89. The Morgan fingerprint density at radius 1 is 1.03 bits per heavy atom. The Morgan fingerprint density at radius 3 is 2.28 bits per heavy atom. The monoisotopic (exact) mass is 432 g/mol. The molecule has 0 fully saturated rings. The number of nitrogens with zero attached hydrogens (tertiary/aromatic N) is 4. The summed E-state index contributed by atoms with van der Waals surface area (Å²) in [6, 6.07) is 14.1. The highest BCUT2D eigenvalue weighted by Crippen LogP contribution is 2.16. The normalized spacial score (nSPS) is 11.3. The molecular formula is C24H24N4O4. The number of rotatable bonds is 5. The average molecular weight is 432 g/mol. The van der Waals surface area contributed by atoms with Crippen LogP contribution in [-0.2, 0) is 11.3 Å². The predicted octanol–water partition coefficient (Wildman–Crippen LogP) is 3.07. The van der Waals surface area contributed by atoms with Gasteiger partial charge in [-0.3, -0.25) is 9.36 Å². The Bertz CT molecular complexity index is 1410. The van der Waals surface area contributed by atoms with Gasteiger partial charge in [0.05, 0.1) is 24.7 Å². The highest BCUT2D eigenvalue weighted by atomic mass is 16.5. The van der Waals surface area contributed by atoms with Gasteiger partial charge in [-0.1, -0.05) is 29.8 Å². The van der Waals surface area contributed by atoms with E-state index >= 15 is 0 Å². The third-order valence-electron chi connectivity index (χ3n) is 5.39. The lowest BCUT2D eigenvalue weighted by atomic mass is 10.1. The van der Waals surface area contributed by atoms with E-state index in [1.165, 1.54) is 16.2 Å². The summed E-state index contributed by atoms with van der Waals surface area (Å²) in [6.45, 7) is 5.94. The van der Waals surface area contributed by atoms with Gasteiger partial charge in [0.1, 0.15) is 0 Å². The largest absolute Gasteiger partial charge is 0.465 e. The van der Waals surface area contributed by atoms with E-state index in [1.54, 1.807) is 49.0 Å². The lowest BCUT2D eigenvalue weighted by molar-refractivity contribution is 0.0600. The van der Waals surface area contributed by atoms with E-state index in [9.17, 15) is 14.4 Å². The molecule has 0 aliphatic heterocycles. The van der Waals surface area contributed by atoms with Crippen LogP contribution in [0.3, 0.4) is 0 Å². The molecule has 4 rings (SSSR count). The molecule has 0 saturated heterocycles. The summed E-state index contributed by atoms with van der Waals surface area (Å²) in [5.41, 5.74) is 2.88. The number of fused-ring (bicyclic) bond motifs is 1. The topological polar surface area (TPSA) is 88.1 Å². The van der Waals surface area contributed by atoms with Gasteiger partial charge in [-0.25, -0.2) is 19.1 Å². The quantitative estimate of drug-likeness (QED) is 0.452. The summed E-state index contributed by atoms with van der Waals surface area (Å²) < 4.78 is 9.19. The van der Waals surface area contributed by atoms with Crippen molar-refractivity contribution < 1.29 is 9.53 Å². The zero-order valence-electron chi connectivity index (χ0n) is 18.4. The second-order valence-corrected chi connectivity index (χ2v) is 7.96. The van der Waals surface area contributed by atoms with Crippen LogP contribution in [0.2, 0.25) is 0 Å². The number of hydrogen-bond acceptors (Lipinski definition) is 5. The molecule has 2 aromatic heterocycles. The number of methoxy groups -OCH3 is 1. The van der Waals surface area contributed by atoms with Crippen molar-refractivity contribution in [3.8, 4) is 5.69 Å². The summed E-state index contributed by atoms with van der Waals surface area (Å²) in [6.07, 6.45) is 1.56. The fraction of sp³-hybridized carbons (Fsp3) is 0.250. The number of aromatic nitrogens is 4. The zero-order valence-corrected chi connectivity index (χ0v) is 18.4. The minimum atomic E-state index is -0.422. The Hall–Kier alpha value is -3.94. The minimum Gasteiger partial charge on any atom is -0.465 e. The first-order valence-corrected chi connectivity index (χ1v) is 10.3. The number of ether oxygens (including phenoxy) is 1. The van der Waals surface area contributed by atoms with E-state index in [2.05, 4.69) is 4.98 Å². The molecule has 0 radical (unpaired) electrons. The van der Waals surface area contributed by atoms with Gasteiger partial charge in [0.25, 0.3) is 5.56 Å². The maximum Gasteiger partial charge on any atom is 0.337 e. The van der Waals surface area contributed by atoms with Gasteiger partial charge < -0.3 is 9.30 Å². The number of benzene rings is 2. The van der Waals surface area contributed by atoms with Crippen LogP contribution in [0.5, 0.6) is 0 Å². The van der Waals surface area contributed by atoms with Crippen LogP contribution in [0.15, 0.2) is 64.4 Å². The summed E-state index contributed by atoms with van der Waals surface area (Å²) >= 11 is 0. The second kappa shape index (κ2) is 8.30. The average Bonchev–Trinajstić information content (AvgIpc) is 3.18. The van der Waals surface area contributed by atoms with Crippen molar-refractivity contribution in [2.45, 2.75) is 33.4 Å². The van der Waals surface area contributed by atoms with Crippen molar-refractivity contribution in [3.63, 3.8) is 0 Å². The summed E-state index contributed by atoms with van der Waals surface area (Å²) in [5, 5.41) is 0. The molecule has 8 nitrogen and oxygen atoms in total. The fourth-order valence-corrected chi connectivity index (χ4v) is 3.72. The van der Waals surface area contributed by atoms with E-state index < -0.39 is 11.7 Å². The van der Waals surface area contributed by atoms with E-state index in [0.717, 1.165) is 11.1 Å². The van der Waals surface area contributed by atoms with Crippen LogP contribution < -0.4 is 11.2 Å². The molecule has 164 valence electrons. The van der Waals surface area contributed by atoms with E-state index in [-0.39, 0.29) is 11.6 Å². The Kier molecular flexibility index (Phi) is 5.52. The van der Waals surface area contributed by atoms with Gasteiger partial charge in [0.15, 0.2) is 11.2 Å². The van der Waals surface area contributed by atoms with E-state index in [1.807, 2.05) is 31.2 Å². The lowest BCUT2D eigenvalue weighted by Gasteiger charge is -2.15. The number of carbonyl (C=O) groups excluding carboxylic acids is 1. The summed E-state index contributed by atoms with van der Waals surface area (Å²) in [4.78, 5) is 42.7. The first-order chi connectivity index (χ1) is 15.3. The second-order valence-electron chi connectivity index (χ2n) is 7.96. The third kappa shape index (κ3) is 3.64. The number of aryl methyl sites for hydroxylation is 1. The van der Waals surface area contributed by atoms with Crippen LogP contribution in [0.1, 0.15) is 41.4 Å². The minimum absolute atomic E-state index is 0.312. The molecule has 8 heteroatoms. The molecule has 2 aromatic carbocycles. The molecule has 0 aliphatic carbocycles. The third-order valence-corrected chi connectivity index (χ3v) is 5.39. The highest BCUT2D eigenvalue weighted by Gasteiger charge is 2.20. The van der Waals surface area contributed by atoms with E-state index in [4.69, 9.17) is 4.74 Å². The lowest BCUT2D eigenvalue weighted by Crippen LogP contribution is -2.41. The van der Waals surface area contributed by atoms with Crippen LogP contribution >= 0.6 is 0 Å². The number of carbonyl (C=O) groups is 1. The first kappa shape index (κ1) is 21.3. The molecule has 0 amide bonds. The van der Waals surface area contributed by atoms with Crippen molar-refractivity contribution in [1.29, 1.82) is 0 Å².